The van der Waals surface area contributed by atoms with Crippen molar-refractivity contribution in [3.05, 3.63) is 0 Å². The predicted octanol–water partition coefficient (Wildman–Crippen LogP) is -0.310. The van der Waals surface area contributed by atoms with Crippen molar-refractivity contribution in [1.29, 1.82) is 0 Å². The van der Waals surface area contributed by atoms with E-state index in [4.69, 9.17) is 5.11 Å². The molecule has 0 aromatic heterocycles. The predicted molar refractivity (Wildman–Crippen MR) is 48.6 cm³/mol. The van der Waals surface area contributed by atoms with Crippen molar-refractivity contribution in [3.63, 3.8) is 0 Å². The van der Waals surface area contributed by atoms with E-state index in [9.17, 15) is 14.7 Å². The van der Waals surface area contributed by atoms with Gasteiger partial charge in [-0.15, -0.1) is 0 Å². The molecule has 0 aliphatic carbocycles. The number of hydrogen-bond donors (Lipinski definition) is 2. The lowest BCUT2D eigenvalue weighted by atomic mass is 10.1. The molecule has 0 aromatic carbocycles. The molecule has 0 aromatic rings. The van der Waals surface area contributed by atoms with Crippen LogP contribution in [0.3, 0.4) is 0 Å². The van der Waals surface area contributed by atoms with E-state index in [0.717, 1.165) is 0 Å². The monoisotopic (exact) mass is 201 g/mol. The summed E-state index contributed by atoms with van der Waals surface area (Å²) in [5.41, 5.74) is -0.969. The molecule has 1 unspecified atom stereocenters. The van der Waals surface area contributed by atoms with E-state index in [1.165, 1.54) is 4.90 Å². The largest absolute Gasteiger partial charge is 0.481 e. The van der Waals surface area contributed by atoms with Gasteiger partial charge in [0.1, 0.15) is 0 Å². The molecule has 1 amide bonds. The highest BCUT2D eigenvalue weighted by molar-refractivity contribution is 5.86. The van der Waals surface area contributed by atoms with Crippen molar-refractivity contribution in [1.82, 2.24) is 4.90 Å². The fourth-order valence-electron chi connectivity index (χ4n) is 1.56. The Balaban J connectivity index is 2.58. The number of aliphatic carboxylic acids is 1. The molecule has 5 nitrogen and oxygen atoms in total. The zero-order valence-electron chi connectivity index (χ0n) is 8.36. The van der Waals surface area contributed by atoms with Crippen LogP contribution in [0.25, 0.3) is 0 Å². The first kappa shape index (κ1) is 11.0. The molecule has 5 heteroatoms. The summed E-state index contributed by atoms with van der Waals surface area (Å²) < 4.78 is 0. The molecule has 0 radical (unpaired) electrons. The number of carboxylic acid groups (broad SMARTS) is 1. The van der Waals surface area contributed by atoms with Gasteiger partial charge in [-0.1, -0.05) is 0 Å². The first-order valence-electron chi connectivity index (χ1n) is 4.52. The average molecular weight is 201 g/mol. The van der Waals surface area contributed by atoms with Gasteiger partial charge < -0.3 is 15.1 Å². The molecule has 1 heterocycles. The molecule has 1 fully saturated rings. The maximum Gasteiger partial charge on any atom is 0.308 e. The van der Waals surface area contributed by atoms with Crippen molar-refractivity contribution in [2.24, 2.45) is 5.92 Å². The molecular weight excluding hydrogens is 186 g/mol. The Labute approximate surface area is 82.3 Å². The van der Waals surface area contributed by atoms with Crippen LogP contribution < -0.4 is 0 Å². The molecule has 0 saturated carbocycles. The topological polar surface area (TPSA) is 77.8 Å². The van der Waals surface area contributed by atoms with Crippen LogP contribution in [0.5, 0.6) is 0 Å². The Hall–Kier alpha value is -1.10. The Bertz CT molecular complexity index is 256. The number of likely N-dealkylation sites (tertiary alicyclic amines) is 1. The molecule has 2 N–H and O–H groups in total. The second kappa shape index (κ2) is 3.57. The van der Waals surface area contributed by atoms with E-state index in [1.54, 1.807) is 13.8 Å². The van der Waals surface area contributed by atoms with Crippen LogP contribution in [-0.2, 0) is 9.59 Å². The summed E-state index contributed by atoms with van der Waals surface area (Å²) in [4.78, 5) is 23.3. The van der Waals surface area contributed by atoms with Gasteiger partial charge in [0.25, 0.3) is 0 Å². The second-order valence-corrected chi connectivity index (χ2v) is 4.33. The van der Waals surface area contributed by atoms with E-state index in [1.807, 2.05) is 0 Å². The summed E-state index contributed by atoms with van der Waals surface area (Å²) in [7, 11) is 0. The fourth-order valence-corrected chi connectivity index (χ4v) is 1.56. The van der Waals surface area contributed by atoms with Crippen molar-refractivity contribution >= 4 is 11.9 Å². The van der Waals surface area contributed by atoms with Gasteiger partial charge in [-0.2, -0.15) is 0 Å². The number of rotatable bonds is 3. The third-order valence-corrected chi connectivity index (χ3v) is 2.14. The molecular formula is C9H15NO4. The Morgan fingerprint density at radius 2 is 2.21 bits per heavy atom. The molecule has 0 bridgehead atoms. The molecule has 1 saturated heterocycles. The Kier molecular flexibility index (Phi) is 2.80. The minimum absolute atomic E-state index is 0.0470. The van der Waals surface area contributed by atoms with Crippen molar-refractivity contribution in [2.75, 3.05) is 13.1 Å². The SMILES string of the molecule is CC(C)(O)CN1CC(C(=O)O)CC1=O. The fraction of sp³-hybridized carbons (Fsp3) is 0.778. The van der Waals surface area contributed by atoms with Gasteiger partial charge in [0, 0.05) is 19.5 Å². The summed E-state index contributed by atoms with van der Waals surface area (Å²) in [6.45, 7) is 3.58. The minimum atomic E-state index is -0.969. The molecule has 1 rings (SSSR count). The summed E-state index contributed by atoms with van der Waals surface area (Å²) >= 11 is 0. The number of hydrogen-bond acceptors (Lipinski definition) is 3. The molecule has 1 aliphatic heterocycles. The Morgan fingerprint density at radius 3 is 2.57 bits per heavy atom. The van der Waals surface area contributed by atoms with Crippen molar-refractivity contribution in [2.45, 2.75) is 25.9 Å². The van der Waals surface area contributed by atoms with E-state index >= 15 is 0 Å². The summed E-state index contributed by atoms with van der Waals surface area (Å²) in [5.74, 6) is -1.76. The van der Waals surface area contributed by atoms with Crippen LogP contribution in [0.15, 0.2) is 0 Å². The number of carboxylic acids is 1. The van der Waals surface area contributed by atoms with Crippen molar-refractivity contribution < 1.29 is 19.8 Å². The highest BCUT2D eigenvalue weighted by Crippen LogP contribution is 2.19. The number of β-amino-alcohol motifs (C(OH)–C–C–N with tert-alkyl or cyclic N) is 1. The van der Waals surface area contributed by atoms with Gasteiger partial charge in [0.05, 0.1) is 11.5 Å². The van der Waals surface area contributed by atoms with Gasteiger partial charge in [-0.25, -0.2) is 0 Å². The molecule has 14 heavy (non-hydrogen) atoms. The minimum Gasteiger partial charge on any atom is -0.481 e. The van der Waals surface area contributed by atoms with Crippen LogP contribution in [0.1, 0.15) is 20.3 Å². The standard InChI is InChI=1S/C9H15NO4/c1-9(2,14)5-10-4-6(8(12)13)3-7(10)11/h6,14H,3-5H2,1-2H3,(H,12,13). The van der Waals surface area contributed by atoms with Crippen LogP contribution in [-0.4, -0.2) is 45.7 Å². The number of nitrogens with zero attached hydrogens (tertiary/aromatic N) is 1. The smallest absolute Gasteiger partial charge is 0.308 e. The van der Waals surface area contributed by atoms with Crippen LogP contribution in [0, 0.1) is 5.92 Å². The average Bonchev–Trinajstić information content (AvgIpc) is 2.29. The summed E-state index contributed by atoms with van der Waals surface area (Å²) in [6.07, 6.45) is 0.0470. The number of aliphatic hydroxyl groups is 1. The lowest BCUT2D eigenvalue weighted by molar-refractivity contribution is -0.141. The summed E-state index contributed by atoms with van der Waals surface area (Å²) in [6, 6.07) is 0. The Morgan fingerprint density at radius 1 is 1.64 bits per heavy atom. The van der Waals surface area contributed by atoms with Gasteiger partial charge in [-0.3, -0.25) is 9.59 Å². The van der Waals surface area contributed by atoms with Gasteiger partial charge in [-0.05, 0) is 13.8 Å². The lowest BCUT2D eigenvalue weighted by Gasteiger charge is -2.25. The number of carbonyl (C=O) groups is 2. The number of carbonyl (C=O) groups excluding carboxylic acids is 1. The third-order valence-electron chi connectivity index (χ3n) is 2.14. The second-order valence-electron chi connectivity index (χ2n) is 4.33. The quantitative estimate of drug-likeness (QED) is 0.656. The van der Waals surface area contributed by atoms with Crippen LogP contribution in [0.2, 0.25) is 0 Å². The van der Waals surface area contributed by atoms with Gasteiger partial charge in [0.2, 0.25) is 5.91 Å². The van der Waals surface area contributed by atoms with E-state index < -0.39 is 17.5 Å². The zero-order valence-corrected chi connectivity index (χ0v) is 8.36. The van der Waals surface area contributed by atoms with E-state index in [0.29, 0.717) is 0 Å². The third kappa shape index (κ3) is 2.70. The highest BCUT2D eigenvalue weighted by atomic mass is 16.4. The van der Waals surface area contributed by atoms with E-state index in [2.05, 4.69) is 0 Å². The highest BCUT2D eigenvalue weighted by Gasteiger charge is 2.36. The van der Waals surface area contributed by atoms with Crippen molar-refractivity contribution in [3.8, 4) is 0 Å². The van der Waals surface area contributed by atoms with Gasteiger partial charge in [0.15, 0.2) is 0 Å². The van der Waals surface area contributed by atoms with Crippen LogP contribution in [0.4, 0.5) is 0 Å². The molecule has 80 valence electrons. The number of amides is 1. The first-order chi connectivity index (χ1) is 6.29. The maximum atomic E-state index is 11.3. The summed E-state index contributed by atoms with van der Waals surface area (Å²) in [5, 5.41) is 18.2. The maximum absolute atomic E-state index is 11.3. The first-order valence-corrected chi connectivity index (χ1v) is 4.52. The van der Waals surface area contributed by atoms with Gasteiger partial charge >= 0.3 is 5.97 Å². The lowest BCUT2D eigenvalue weighted by Crippen LogP contribution is -2.39. The molecule has 0 spiro atoms. The normalized spacial score (nSPS) is 22.9. The van der Waals surface area contributed by atoms with Crippen LogP contribution >= 0.6 is 0 Å². The zero-order chi connectivity index (χ0) is 10.9. The molecule has 1 aliphatic rings. The van der Waals surface area contributed by atoms with E-state index in [-0.39, 0.29) is 25.4 Å². The molecule has 1 atom stereocenters.